The number of amides is 3. The van der Waals surface area contributed by atoms with Crippen LogP contribution in [0.5, 0.6) is 0 Å². The smallest absolute Gasteiger partial charge is 0.320 e. The molecule has 3 heterocycles. The van der Waals surface area contributed by atoms with Crippen LogP contribution in [0.3, 0.4) is 0 Å². The van der Waals surface area contributed by atoms with Crippen molar-refractivity contribution in [1.82, 2.24) is 19.7 Å². The SMILES string of the molecule is Cc1nc(CSc2ccc(C(=O)N3CCN(C(=O)N4CCCC4)CC3)cc2)cs1. The molecule has 0 atom stereocenters. The van der Waals surface area contributed by atoms with E-state index in [1.165, 1.54) is 0 Å². The number of likely N-dealkylation sites (tertiary alicyclic amines) is 1. The molecule has 2 fully saturated rings. The van der Waals surface area contributed by atoms with Gasteiger partial charge in [-0.3, -0.25) is 4.79 Å². The van der Waals surface area contributed by atoms with Gasteiger partial charge in [0.2, 0.25) is 0 Å². The van der Waals surface area contributed by atoms with E-state index in [2.05, 4.69) is 10.4 Å². The van der Waals surface area contributed by atoms with Crippen LogP contribution in [-0.4, -0.2) is 70.9 Å². The number of nitrogens with zero attached hydrogens (tertiary/aromatic N) is 4. The number of rotatable bonds is 4. The van der Waals surface area contributed by atoms with Crippen molar-refractivity contribution in [2.45, 2.75) is 30.4 Å². The van der Waals surface area contributed by atoms with Crippen LogP contribution in [0.2, 0.25) is 0 Å². The van der Waals surface area contributed by atoms with Crippen molar-refractivity contribution in [3.63, 3.8) is 0 Å². The number of carbonyl (C=O) groups is 2. The number of carbonyl (C=O) groups excluding carboxylic acids is 2. The standard InChI is InChI=1S/C21H26N4O2S2/c1-16-22-18(14-28-16)15-29-19-6-4-17(5-7-19)20(26)23-10-12-25(13-11-23)21(27)24-8-2-3-9-24/h4-7,14H,2-3,8-13,15H2,1H3. The Balaban J connectivity index is 1.27. The molecule has 6 nitrogen and oxygen atoms in total. The Bertz CT molecular complexity index is 854. The fourth-order valence-corrected chi connectivity index (χ4v) is 5.23. The summed E-state index contributed by atoms with van der Waals surface area (Å²) in [4.78, 5) is 36.6. The van der Waals surface area contributed by atoms with Crippen LogP contribution in [0.25, 0.3) is 0 Å². The highest BCUT2D eigenvalue weighted by molar-refractivity contribution is 7.98. The van der Waals surface area contributed by atoms with Gasteiger partial charge in [0, 0.05) is 60.9 Å². The maximum absolute atomic E-state index is 12.8. The highest BCUT2D eigenvalue weighted by Gasteiger charge is 2.28. The van der Waals surface area contributed by atoms with Gasteiger partial charge in [-0.2, -0.15) is 0 Å². The monoisotopic (exact) mass is 430 g/mol. The average molecular weight is 431 g/mol. The Morgan fingerprint density at radius 1 is 0.966 bits per heavy atom. The molecule has 0 radical (unpaired) electrons. The van der Waals surface area contributed by atoms with Crippen LogP contribution in [0.4, 0.5) is 4.79 Å². The first-order valence-electron chi connectivity index (χ1n) is 10.1. The second kappa shape index (κ2) is 9.17. The molecule has 2 aliphatic rings. The summed E-state index contributed by atoms with van der Waals surface area (Å²) in [5, 5.41) is 3.18. The molecular formula is C21H26N4O2S2. The Hall–Kier alpha value is -2.06. The Morgan fingerprint density at radius 2 is 1.59 bits per heavy atom. The van der Waals surface area contributed by atoms with E-state index < -0.39 is 0 Å². The number of hydrogen-bond acceptors (Lipinski definition) is 5. The number of aryl methyl sites for hydroxylation is 1. The molecule has 0 N–H and O–H groups in total. The summed E-state index contributed by atoms with van der Waals surface area (Å²) in [6.07, 6.45) is 2.20. The zero-order valence-corrected chi connectivity index (χ0v) is 18.3. The van der Waals surface area contributed by atoms with Crippen molar-refractivity contribution in [3.05, 3.63) is 45.9 Å². The topological polar surface area (TPSA) is 56.8 Å². The molecule has 4 rings (SSSR count). The molecule has 8 heteroatoms. The summed E-state index contributed by atoms with van der Waals surface area (Å²) in [5.41, 5.74) is 1.80. The molecule has 154 valence electrons. The second-order valence-electron chi connectivity index (χ2n) is 7.43. The first-order valence-corrected chi connectivity index (χ1v) is 11.9. The van der Waals surface area contributed by atoms with Crippen LogP contribution < -0.4 is 0 Å². The third-order valence-corrected chi connectivity index (χ3v) is 7.24. The molecule has 0 saturated carbocycles. The van der Waals surface area contributed by atoms with E-state index in [0.29, 0.717) is 31.7 Å². The van der Waals surface area contributed by atoms with Gasteiger partial charge in [0.25, 0.3) is 5.91 Å². The van der Waals surface area contributed by atoms with Crippen molar-refractivity contribution in [2.24, 2.45) is 0 Å². The fourth-order valence-electron chi connectivity index (χ4n) is 3.72. The van der Waals surface area contributed by atoms with Crippen LogP contribution in [0, 0.1) is 6.92 Å². The van der Waals surface area contributed by atoms with Crippen molar-refractivity contribution in [1.29, 1.82) is 0 Å². The predicted octanol–water partition coefficient (Wildman–Crippen LogP) is 3.72. The van der Waals surface area contributed by atoms with Crippen molar-refractivity contribution in [2.75, 3.05) is 39.3 Å². The fraction of sp³-hybridized carbons (Fsp3) is 0.476. The van der Waals surface area contributed by atoms with Crippen LogP contribution in [0.15, 0.2) is 34.5 Å². The highest BCUT2D eigenvalue weighted by Crippen LogP contribution is 2.24. The third-order valence-electron chi connectivity index (χ3n) is 5.37. The minimum absolute atomic E-state index is 0.0462. The van der Waals surface area contributed by atoms with Gasteiger partial charge in [0.1, 0.15) is 0 Å². The average Bonchev–Trinajstić information content (AvgIpc) is 3.44. The van der Waals surface area contributed by atoms with E-state index in [1.807, 2.05) is 45.9 Å². The van der Waals surface area contributed by atoms with Crippen LogP contribution in [-0.2, 0) is 5.75 Å². The van der Waals surface area contributed by atoms with Gasteiger partial charge >= 0.3 is 6.03 Å². The van der Waals surface area contributed by atoms with Gasteiger partial charge in [-0.1, -0.05) is 0 Å². The van der Waals surface area contributed by atoms with Crippen molar-refractivity contribution >= 4 is 35.0 Å². The van der Waals surface area contributed by atoms with Gasteiger partial charge in [-0.15, -0.1) is 23.1 Å². The molecule has 0 unspecified atom stereocenters. The highest BCUT2D eigenvalue weighted by atomic mass is 32.2. The first kappa shape index (κ1) is 20.2. The summed E-state index contributed by atoms with van der Waals surface area (Å²) < 4.78 is 0. The molecule has 2 saturated heterocycles. The lowest BCUT2D eigenvalue weighted by Gasteiger charge is -2.36. The number of urea groups is 1. The third kappa shape index (κ3) is 4.93. The van der Waals surface area contributed by atoms with Gasteiger partial charge in [0.15, 0.2) is 0 Å². The van der Waals surface area contributed by atoms with E-state index >= 15 is 0 Å². The number of thioether (sulfide) groups is 1. The van der Waals surface area contributed by atoms with Crippen LogP contribution >= 0.6 is 23.1 Å². The van der Waals surface area contributed by atoms with Gasteiger partial charge in [-0.25, -0.2) is 9.78 Å². The molecule has 1 aromatic heterocycles. The molecule has 2 aromatic rings. The summed E-state index contributed by atoms with van der Waals surface area (Å²) in [6.45, 7) is 6.16. The number of thiazole rings is 1. The lowest BCUT2D eigenvalue weighted by Crippen LogP contribution is -2.53. The molecule has 2 aliphatic heterocycles. The van der Waals surface area contributed by atoms with E-state index in [4.69, 9.17) is 0 Å². The molecular weight excluding hydrogens is 404 g/mol. The molecule has 29 heavy (non-hydrogen) atoms. The lowest BCUT2D eigenvalue weighted by atomic mass is 10.2. The van der Waals surface area contributed by atoms with Crippen molar-refractivity contribution < 1.29 is 9.59 Å². The van der Waals surface area contributed by atoms with Gasteiger partial charge in [-0.05, 0) is 44.0 Å². The van der Waals surface area contributed by atoms with Crippen molar-refractivity contribution in [3.8, 4) is 0 Å². The zero-order chi connectivity index (χ0) is 20.2. The Kier molecular flexibility index (Phi) is 6.40. The number of aromatic nitrogens is 1. The van der Waals surface area contributed by atoms with E-state index in [-0.39, 0.29) is 11.9 Å². The maximum atomic E-state index is 12.8. The minimum Gasteiger partial charge on any atom is -0.335 e. The number of piperazine rings is 1. The van der Waals surface area contributed by atoms with Crippen LogP contribution in [0.1, 0.15) is 33.9 Å². The largest absolute Gasteiger partial charge is 0.335 e. The van der Waals surface area contributed by atoms with Gasteiger partial charge < -0.3 is 14.7 Å². The molecule has 0 spiro atoms. The summed E-state index contributed by atoms with van der Waals surface area (Å²) >= 11 is 3.40. The second-order valence-corrected chi connectivity index (χ2v) is 9.54. The number of benzene rings is 1. The lowest BCUT2D eigenvalue weighted by molar-refractivity contribution is 0.0645. The summed E-state index contributed by atoms with van der Waals surface area (Å²) in [6, 6.07) is 7.94. The van der Waals surface area contributed by atoms with E-state index in [9.17, 15) is 9.59 Å². The molecule has 3 amide bonds. The van der Waals surface area contributed by atoms with E-state index in [0.717, 1.165) is 47.3 Å². The van der Waals surface area contributed by atoms with Gasteiger partial charge in [0.05, 0.1) is 10.7 Å². The Labute approximate surface area is 179 Å². The summed E-state index contributed by atoms with van der Waals surface area (Å²) in [5.74, 6) is 0.884. The minimum atomic E-state index is 0.0462. The maximum Gasteiger partial charge on any atom is 0.320 e. The quantitative estimate of drug-likeness (QED) is 0.694. The zero-order valence-electron chi connectivity index (χ0n) is 16.7. The Morgan fingerprint density at radius 3 is 2.21 bits per heavy atom. The molecule has 1 aromatic carbocycles. The predicted molar refractivity (Wildman–Crippen MR) is 117 cm³/mol. The normalized spacial score (nSPS) is 17.1. The molecule has 0 bridgehead atoms. The number of hydrogen-bond donors (Lipinski definition) is 0. The molecule has 0 aliphatic carbocycles. The van der Waals surface area contributed by atoms with E-state index in [1.54, 1.807) is 23.1 Å². The summed E-state index contributed by atoms with van der Waals surface area (Å²) in [7, 11) is 0. The first-order chi connectivity index (χ1) is 14.1.